The molecule has 1 aromatic carbocycles. The molecule has 2 fully saturated rings. The van der Waals surface area contributed by atoms with Crippen molar-refractivity contribution in [2.24, 2.45) is 0 Å². The van der Waals surface area contributed by atoms with Crippen LogP contribution in [-0.4, -0.2) is 71.4 Å². The Morgan fingerprint density at radius 1 is 0.931 bits per heavy atom. The molecule has 3 heterocycles. The van der Waals surface area contributed by atoms with Crippen LogP contribution in [0.5, 0.6) is 0 Å². The Bertz CT molecular complexity index is 843. The first-order valence-corrected chi connectivity index (χ1v) is 10.2. The molecule has 0 unspecified atom stereocenters. The quantitative estimate of drug-likeness (QED) is 0.783. The van der Waals surface area contributed by atoms with Gasteiger partial charge in [0.25, 0.3) is 5.91 Å². The van der Waals surface area contributed by atoms with E-state index in [1.807, 2.05) is 12.1 Å². The minimum Gasteiger partial charge on any atom is -0.372 e. The summed E-state index contributed by atoms with van der Waals surface area (Å²) >= 11 is 0. The third-order valence-electron chi connectivity index (χ3n) is 5.50. The summed E-state index contributed by atoms with van der Waals surface area (Å²) in [6.07, 6.45) is 6.05. The van der Waals surface area contributed by atoms with Crippen molar-refractivity contribution in [3.8, 4) is 0 Å². The molecule has 0 aliphatic carbocycles. The van der Waals surface area contributed by atoms with Gasteiger partial charge in [0, 0.05) is 56.7 Å². The Morgan fingerprint density at radius 3 is 2.34 bits per heavy atom. The molecule has 2 saturated heterocycles. The molecule has 0 radical (unpaired) electrons. The van der Waals surface area contributed by atoms with Gasteiger partial charge in [0.2, 0.25) is 6.41 Å². The number of benzene rings is 1. The third kappa shape index (κ3) is 4.64. The Kier molecular flexibility index (Phi) is 5.88. The van der Waals surface area contributed by atoms with Crippen molar-refractivity contribution >= 4 is 29.5 Å². The van der Waals surface area contributed by atoms with Crippen LogP contribution in [0.15, 0.2) is 36.7 Å². The fourth-order valence-electron chi connectivity index (χ4n) is 3.79. The van der Waals surface area contributed by atoms with E-state index in [2.05, 4.69) is 32.3 Å². The second-order valence-corrected chi connectivity index (χ2v) is 7.44. The van der Waals surface area contributed by atoms with Crippen LogP contribution in [0.25, 0.3) is 0 Å². The minimum atomic E-state index is -0.138. The Labute approximate surface area is 170 Å². The second kappa shape index (κ2) is 8.89. The number of amides is 2. The van der Waals surface area contributed by atoms with Crippen molar-refractivity contribution in [3.63, 3.8) is 0 Å². The summed E-state index contributed by atoms with van der Waals surface area (Å²) in [5.41, 5.74) is 2.51. The fourth-order valence-corrected chi connectivity index (χ4v) is 3.79. The smallest absolute Gasteiger partial charge is 0.272 e. The largest absolute Gasteiger partial charge is 0.372 e. The first-order chi connectivity index (χ1) is 14.2. The van der Waals surface area contributed by atoms with Crippen LogP contribution in [0.1, 0.15) is 29.8 Å². The Morgan fingerprint density at radius 2 is 1.66 bits per heavy atom. The van der Waals surface area contributed by atoms with Gasteiger partial charge in [0.1, 0.15) is 17.8 Å². The van der Waals surface area contributed by atoms with Crippen molar-refractivity contribution in [1.29, 1.82) is 0 Å². The summed E-state index contributed by atoms with van der Waals surface area (Å²) in [5.74, 6) is 0.446. The molecule has 2 aliphatic rings. The van der Waals surface area contributed by atoms with Gasteiger partial charge < -0.3 is 20.0 Å². The summed E-state index contributed by atoms with van der Waals surface area (Å²) in [5, 5.41) is 3.25. The highest BCUT2D eigenvalue weighted by atomic mass is 16.2. The number of piperidine rings is 1. The molecule has 2 amide bonds. The van der Waals surface area contributed by atoms with Crippen LogP contribution in [0.4, 0.5) is 17.2 Å². The molecule has 1 N–H and O–H groups in total. The molecule has 2 aromatic rings. The maximum atomic E-state index is 12.7. The van der Waals surface area contributed by atoms with Crippen LogP contribution in [0.2, 0.25) is 0 Å². The molecule has 1 aromatic heterocycles. The second-order valence-electron chi connectivity index (χ2n) is 7.44. The molecule has 0 saturated carbocycles. The van der Waals surface area contributed by atoms with Crippen LogP contribution in [0.3, 0.4) is 0 Å². The molecule has 8 heteroatoms. The van der Waals surface area contributed by atoms with Gasteiger partial charge in [-0.15, -0.1) is 0 Å². The van der Waals surface area contributed by atoms with Crippen molar-refractivity contribution < 1.29 is 9.59 Å². The number of hydrogen-bond acceptors (Lipinski definition) is 6. The summed E-state index contributed by atoms with van der Waals surface area (Å²) in [4.78, 5) is 37.7. The van der Waals surface area contributed by atoms with E-state index in [0.29, 0.717) is 37.7 Å². The fraction of sp³-hybridized carbons (Fsp3) is 0.429. The highest BCUT2D eigenvalue weighted by Crippen LogP contribution is 2.23. The molecule has 152 valence electrons. The zero-order valence-corrected chi connectivity index (χ0v) is 16.5. The molecule has 0 spiro atoms. The van der Waals surface area contributed by atoms with E-state index in [-0.39, 0.29) is 5.91 Å². The zero-order valence-electron chi connectivity index (χ0n) is 16.5. The molecular weight excluding hydrogens is 368 g/mol. The highest BCUT2D eigenvalue weighted by Gasteiger charge is 2.22. The van der Waals surface area contributed by atoms with Crippen molar-refractivity contribution in [2.75, 3.05) is 49.5 Å². The lowest BCUT2D eigenvalue weighted by molar-refractivity contribution is -0.119. The Hall–Kier alpha value is -3.16. The topological polar surface area (TPSA) is 81.7 Å². The van der Waals surface area contributed by atoms with E-state index in [1.54, 1.807) is 15.9 Å². The molecule has 0 bridgehead atoms. The molecule has 8 nitrogen and oxygen atoms in total. The van der Waals surface area contributed by atoms with Gasteiger partial charge in [0.05, 0.1) is 0 Å². The van der Waals surface area contributed by atoms with E-state index in [9.17, 15) is 9.59 Å². The SMILES string of the molecule is O=CN1CCN(C(=O)c2cc(Nc3ccc(N4CCCCC4)cc3)ncn2)CC1. The number of carbonyl (C=O) groups is 2. The highest BCUT2D eigenvalue weighted by molar-refractivity contribution is 5.93. The lowest BCUT2D eigenvalue weighted by Crippen LogP contribution is -2.48. The van der Waals surface area contributed by atoms with Crippen molar-refractivity contribution in [2.45, 2.75) is 19.3 Å². The number of nitrogens with zero attached hydrogens (tertiary/aromatic N) is 5. The number of aromatic nitrogens is 2. The van der Waals surface area contributed by atoms with Crippen LogP contribution >= 0.6 is 0 Å². The first-order valence-electron chi connectivity index (χ1n) is 10.2. The van der Waals surface area contributed by atoms with Crippen molar-refractivity contribution in [3.05, 3.63) is 42.4 Å². The number of carbonyl (C=O) groups excluding carboxylic acids is 2. The molecule has 2 aliphatic heterocycles. The van der Waals surface area contributed by atoms with Crippen molar-refractivity contribution in [1.82, 2.24) is 19.8 Å². The van der Waals surface area contributed by atoms with Gasteiger partial charge in [0.15, 0.2) is 0 Å². The average Bonchev–Trinajstić information content (AvgIpc) is 2.80. The predicted molar refractivity (Wildman–Crippen MR) is 111 cm³/mol. The minimum absolute atomic E-state index is 0.138. The summed E-state index contributed by atoms with van der Waals surface area (Å²) in [6.45, 7) is 4.37. The summed E-state index contributed by atoms with van der Waals surface area (Å²) in [7, 11) is 0. The van der Waals surface area contributed by atoms with Crippen LogP contribution < -0.4 is 10.2 Å². The summed E-state index contributed by atoms with van der Waals surface area (Å²) in [6, 6.07) is 9.98. The normalized spacial score (nSPS) is 17.2. The van der Waals surface area contributed by atoms with Gasteiger partial charge in [-0.05, 0) is 43.5 Å². The lowest BCUT2D eigenvalue weighted by atomic mass is 10.1. The molecule has 0 atom stereocenters. The lowest BCUT2D eigenvalue weighted by Gasteiger charge is -2.32. The monoisotopic (exact) mass is 394 g/mol. The number of rotatable bonds is 5. The predicted octanol–water partition coefficient (Wildman–Crippen LogP) is 2.12. The van der Waals surface area contributed by atoms with E-state index in [4.69, 9.17) is 0 Å². The van der Waals surface area contributed by atoms with E-state index in [1.165, 1.54) is 31.3 Å². The van der Waals surface area contributed by atoms with Gasteiger partial charge in [-0.25, -0.2) is 9.97 Å². The van der Waals surface area contributed by atoms with E-state index >= 15 is 0 Å². The van der Waals surface area contributed by atoms with Gasteiger partial charge in [-0.3, -0.25) is 9.59 Å². The third-order valence-corrected chi connectivity index (χ3v) is 5.50. The van der Waals surface area contributed by atoms with E-state index in [0.717, 1.165) is 25.2 Å². The zero-order chi connectivity index (χ0) is 20.1. The van der Waals surface area contributed by atoms with Gasteiger partial charge in [-0.2, -0.15) is 0 Å². The molecular formula is C21H26N6O2. The molecule has 4 rings (SSSR count). The standard InChI is InChI=1S/C21H26N6O2/c28-16-25-10-12-27(13-11-25)21(29)19-14-20(23-15-22-19)24-17-4-6-18(7-5-17)26-8-2-1-3-9-26/h4-7,14-16H,1-3,8-13H2,(H,22,23,24). The number of nitrogens with one attached hydrogen (secondary N) is 1. The van der Waals surface area contributed by atoms with Crippen LogP contribution in [0, 0.1) is 0 Å². The van der Waals surface area contributed by atoms with Gasteiger partial charge in [-0.1, -0.05) is 0 Å². The van der Waals surface area contributed by atoms with E-state index < -0.39 is 0 Å². The van der Waals surface area contributed by atoms with Gasteiger partial charge >= 0.3 is 0 Å². The number of piperazine rings is 1. The summed E-state index contributed by atoms with van der Waals surface area (Å²) < 4.78 is 0. The maximum absolute atomic E-state index is 12.7. The number of anilines is 3. The first kappa shape index (κ1) is 19.2. The number of hydrogen-bond donors (Lipinski definition) is 1. The average molecular weight is 394 g/mol. The molecule has 29 heavy (non-hydrogen) atoms. The maximum Gasteiger partial charge on any atom is 0.272 e. The van der Waals surface area contributed by atoms with Crippen LogP contribution in [-0.2, 0) is 4.79 Å². The Balaban J connectivity index is 1.39.